The van der Waals surface area contributed by atoms with Crippen molar-refractivity contribution < 1.29 is 19.5 Å². The molecule has 6 heteroatoms. The van der Waals surface area contributed by atoms with Crippen molar-refractivity contribution >= 4 is 17.8 Å². The molecule has 1 atom stereocenters. The Morgan fingerprint density at radius 1 is 1.11 bits per heavy atom. The van der Waals surface area contributed by atoms with Crippen LogP contribution in [0.2, 0.25) is 0 Å². The number of benzene rings is 1. The average molecular weight is 389 g/mol. The summed E-state index contributed by atoms with van der Waals surface area (Å²) in [7, 11) is 0. The van der Waals surface area contributed by atoms with Crippen molar-refractivity contribution in [1.29, 1.82) is 0 Å². The summed E-state index contributed by atoms with van der Waals surface area (Å²) in [4.78, 5) is 38.9. The highest BCUT2D eigenvalue weighted by Crippen LogP contribution is 2.18. The normalized spacial score (nSPS) is 17.3. The number of rotatable bonds is 7. The van der Waals surface area contributed by atoms with Crippen LogP contribution >= 0.6 is 0 Å². The second-order valence-electron chi connectivity index (χ2n) is 8.10. The van der Waals surface area contributed by atoms with Gasteiger partial charge in [0.05, 0.1) is 6.42 Å². The molecule has 1 aliphatic rings. The largest absolute Gasteiger partial charge is 0.480 e. The summed E-state index contributed by atoms with van der Waals surface area (Å²) in [5, 5.41) is 9.05. The van der Waals surface area contributed by atoms with Crippen LogP contribution < -0.4 is 0 Å². The second kappa shape index (κ2) is 10.2. The number of carbonyl (C=O) groups excluding carboxylic acids is 2. The molecule has 6 nitrogen and oxygen atoms in total. The van der Waals surface area contributed by atoms with Gasteiger partial charge in [0.15, 0.2) is 0 Å². The average Bonchev–Trinajstić information content (AvgIpc) is 2.86. The van der Waals surface area contributed by atoms with Gasteiger partial charge in [-0.25, -0.2) is 0 Å². The molecule has 0 saturated carbocycles. The number of likely N-dealkylation sites (tertiary alicyclic amines) is 1. The lowest BCUT2D eigenvalue weighted by Crippen LogP contribution is -2.43. The third kappa shape index (κ3) is 6.66. The minimum atomic E-state index is -1.01. The Balaban J connectivity index is 1.93. The number of aliphatic carboxylic acids is 1. The van der Waals surface area contributed by atoms with Gasteiger partial charge in [-0.1, -0.05) is 38.1 Å². The van der Waals surface area contributed by atoms with Crippen LogP contribution in [0.15, 0.2) is 24.3 Å². The van der Waals surface area contributed by atoms with E-state index in [9.17, 15) is 14.4 Å². The second-order valence-corrected chi connectivity index (χ2v) is 8.10. The maximum Gasteiger partial charge on any atom is 0.323 e. The molecule has 0 radical (unpaired) electrons. The summed E-state index contributed by atoms with van der Waals surface area (Å²) in [6.45, 7) is 6.70. The first kappa shape index (κ1) is 21.9. The molecule has 1 aliphatic heterocycles. The van der Waals surface area contributed by atoms with E-state index >= 15 is 0 Å². The molecule has 0 spiro atoms. The van der Waals surface area contributed by atoms with Crippen molar-refractivity contribution in [2.75, 3.05) is 19.6 Å². The van der Waals surface area contributed by atoms with Gasteiger partial charge < -0.3 is 14.9 Å². The summed E-state index contributed by atoms with van der Waals surface area (Å²) < 4.78 is 0. The topological polar surface area (TPSA) is 77.9 Å². The van der Waals surface area contributed by atoms with Gasteiger partial charge in [-0.15, -0.1) is 0 Å². The first-order chi connectivity index (χ1) is 13.3. The monoisotopic (exact) mass is 388 g/mol. The van der Waals surface area contributed by atoms with E-state index in [0.717, 1.165) is 24.8 Å². The van der Waals surface area contributed by atoms with Gasteiger partial charge in [0, 0.05) is 26.1 Å². The first-order valence-electron chi connectivity index (χ1n) is 10.1. The summed E-state index contributed by atoms with van der Waals surface area (Å²) in [6, 6.07) is 8.12. The fourth-order valence-corrected chi connectivity index (χ4v) is 3.83. The molecule has 1 fully saturated rings. The van der Waals surface area contributed by atoms with E-state index in [4.69, 9.17) is 5.11 Å². The van der Waals surface area contributed by atoms with Crippen LogP contribution in [0, 0.1) is 5.92 Å². The first-order valence-corrected chi connectivity index (χ1v) is 10.1. The van der Waals surface area contributed by atoms with E-state index in [1.165, 1.54) is 17.4 Å². The Morgan fingerprint density at radius 3 is 2.32 bits per heavy atom. The van der Waals surface area contributed by atoms with E-state index < -0.39 is 5.97 Å². The molecule has 0 aromatic heterocycles. The summed E-state index contributed by atoms with van der Waals surface area (Å²) in [6.07, 6.45) is 3.52. The standard InChI is InChI=1S/C22H32N2O4/c1-16(2)13-18-6-8-19(9-7-18)14-21(26)23-11-4-5-20(10-12-23)24(17(3)25)15-22(27)28/h6-9,16,20H,4-5,10-15H2,1-3H3,(H,27,28). The molecule has 1 saturated heterocycles. The molecular formula is C22H32N2O4. The molecule has 154 valence electrons. The molecule has 0 bridgehead atoms. The predicted molar refractivity (Wildman–Crippen MR) is 108 cm³/mol. The number of carboxylic acids is 1. The summed E-state index contributed by atoms with van der Waals surface area (Å²) in [5.41, 5.74) is 2.29. The fourth-order valence-electron chi connectivity index (χ4n) is 3.83. The molecule has 1 aromatic rings. The highest BCUT2D eigenvalue weighted by molar-refractivity contribution is 5.80. The third-order valence-corrected chi connectivity index (χ3v) is 5.22. The van der Waals surface area contributed by atoms with Gasteiger partial charge >= 0.3 is 5.97 Å². The van der Waals surface area contributed by atoms with Crippen LogP contribution in [0.25, 0.3) is 0 Å². The Hall–Kier alpha value is -2.37. The van der Waals surface area contributed by atoms with Crippen LogP contribution in [0.1, 0.15) is 51.2 Å². The molecule has 2 rings (SSSR count). The SMILES string of the molecule is CC(=O)N(CC(=O)O)C1CCCN(C(=O)Cc2ccc(CC(C)C)cc2)CC1. The minimum absolute atomic E-state index is 0.0878. The van der Waals surface area contributed by atoms with Gasteiger partial charge in [-0.05, 0) is 42.7 Å². The minimum Gasteiger partial charge on any atom is -0.480 e. The van der Waals surface area contributed by atoms with Gasteiger partial charge in [0.1, 0.15) is 6.54 Å². The van der Waals surface area contributed by atoms with Crippen LogP contribution in [0.4, 0.5) is 0 Å². The molecule has 1 heterocycles. The lowest BCUT2D eigenvalue weighted by Gasteiger charge is -2.28. The number of nitrogens with zero attached hydrogens (tertiary/aromatic N) is 2. The molecule has 28 heavy (non-hydrogen) atoms. The molecular weight excluding hydrogens is 356 g/mol. The molecule has 1 aromatic carbocycles. The zero-order chi connectivity index (χ0) is 20.7. The Bertz CT molecular complexity index is 684. The summed E-state index contributed by atoms with van der Waals surface area (Å²) in [5.74, 6) is -0.542. The number of carboxylic acid groups (broad SMARTS) is 1. The number of amides is 2. The smallest absolute Gasteiger partial charge is 0.323 e. The highest BCUT2D eigenvalue weighted by Gasteiger charge is 2.27. The van der Waals surface area contributed by atoms with Crippen molar-refractivity contribution in [1.82, 2.24) is 9.80 Å². The van der Waals surface area contributed by atoms with E-state index in [1.807, 2.05) is 17.0 Å². The Morgan fingerprint density at radius 2 is 1.75 bits per heavy atom. The summed E-state index contributed by atoms with van der Waals surface area (Å²) >= 11 is 0. The van der Waals surface area contributed by atoms with Gasteiger partial charge in [0.25, 0.3) is 0 Å². The van der Waals surface area contributed by atoms with Gasteiger partial charge in [-0.2, -0.15) is 0 Å². The van der Waals surface area contributed by atoms with Crippen LogP contribution in [-0.4, -0.2) is 58.4 Å². The van der Waals surface area contributed by atoms with Gasteiger partial charge in [0.2, 0.25) is 11.8 Å². The maximum atomic E-state index is 12.7. The Kier molecular flexibility index (Phi) is 8.03. The van der Waals surface area contributed by atoms with Crippen molar-refractivity contribution in [3.63, 3.8) is 0 Å². The van der Waals surface area contributed by atoms with E-state index in [1.54, 1.807) is 0 Å². The van der Waals surface area contributed by atoms with Crippen molar-refractivity contribution in [2.24, 2.45) is 5.92 Å². The molecule has 0 aliphatic carbocycles. The number of hydrogen-bond donors (Lipinski definition) is 1. The quantitative estimate of drug-likeness (QED) is 0.779. The highest BCUT2D eigenvalue weighted by atomic mass is 16.4. The van der Waals surface area contributed by atoms with E-state index in [-0.39, 0.29) is 24.4 Å². The van der Waals surface area contributed by atoms with E-state index in [2.05, 4.69) is 26.0 Å². The van der Waals surface area contributed by atoms with Crippen molar-refractivity contribution in [3.8, 4) is 0 Å². The van der Waals surface area contributed by atoms with Crippen LogP contribution in [0.3, 0.4) is 0 Å². The van der Waals surface area contributed by atoms with Crippen LogP contribution in [0.5, 0.6) is 0 Å². The molecule has 2 amide bonds. The number of carbonyl (C=O) groups is 3. The zero-order valence-corrected chi connectivity index (χ0v) is 17.2. The molecule has 1 unspecified atom stereocenters. The van der Waals surface area contributed by atoms with Crippen molar-refractivity contribution in [2.45, 2.75) is 58.9 Å². The fraction of sp³-hybridized carbons (Fsp3) is 0.591. The molecule has 1 N–H and O–H groups in total. The van der Waals surface area contributed by atoms with E-state index in [0.29, 0.717) is 31.8 Å². The third-order valence-electron chi connectivity index (χ3n) is 5.22. The lowest BCUT2D eigenvalue weighted by atomic mass is 10.0. The number of hydrogen-bond acceptors (Lipinski definition) is 3. The van der Waals surface area contributed by atoms with Gasteiger partial charge in [-0.3, -0.25) is 14.4 Å². The van der Waals surface area contributed by atoms with Crippen molar-refractivity contribution in [3.05, 3.63) is 35.4 Å². The maximum absolute atomic E-state index is 12.7. The van der Waals surface area contributed by atoms with Crippen LogP contribution in [-0.2, 0) is 27.2 Å². The Labute approximate surface area is 167 Å². The lowest BCUT2D eigenvalue weighted by molar-refractivity contribution is -0.145. The predicted octanol–water partition coefficient (Wildman–Crippen LogP) is 2.74. The zero-order valence-electron chi connectivity index (χ0n) is 17.2.